The molecule has 2 atom stereocenters. The molecule has 0 aliphatic rings. The Kier molecular flexibility index (Phi) is 5.34. The SMILES string of the molecule is CC(CCNC(C)c1cc(F)ccc1O)c1ccccc1. The Morgan fingerprint density at radius 2 is 1.81 bits per heavy atom. The largest absolute Gasteiger partial charge is 0.508 e. The number of phenols is 1. The minimum Gasteiger partial charge on any atom is -0.508 e. The molecule has 0 radical (unpaired) electrons. The second-order valence-electron chi connectivity index (χ2n) is 5.48. The predicted octanol–water partition coefficient (Wildman–Crippen LogP) is 4.38. The lowest BCUT2D eigenvalue weighted by Crippen LogP contribution is -2.21. The first-order valence-electron chi connectivity index (χ1n) is 7.34. The molecule has 2 unspecified atom stereocenters. The predicted molar refractivity (Wildman–Crippen MR) is 84.0 cm³/mol. The van der Waals surface area contributed by atoms with Crippen LogP contribution in [-0.2, 0) is 0 Å². The lowest BCUT2D eigenvalue weighted by atomic mass is 9.97. The quantitative estimate of drug-likeness (QED) is 0.826. The summed E-state index contributed by atoms with van der Waals surface area (Å²) in [4.78, 5) is 0. The highest BCUT2D eigenvalue weighted by molar-refractivity contribution is 5.34. The van der Waals surface area contributed by atoms with Crippen LogP contribution in [0.3, 0.4) is 0 Å². The van der Waals surface area contributed by atoms with E-state index in [1.807, 2.05) is 25.1 Å². The van der Waals surface area contributed by atoms with Gasteiger partial charge in [0.1, 0.15) is 11.6 Å². The summed E-state index contributed by atoms with van der Waals surface area (Å²) in [5.41, 5.74) is 1.92. The van der Waals surface area contributed by atoms with Crippen LogP contribution in [0.25, 0.3) is 0 Å². The summed E-state index contributed by atoms with van der Waals surface area (Å²) in [5, 5.41) is 13.1. The lowest BCUT2D eigenvalue weighted by Gasteiger charge is -2.18. The number of hydrogen-bond donors (Lipinski definition) is 2. The number of nitrogens with one attached hydrogen (secondary N) is 1. The molecule has 2 N–H and O–H groups in total. The van der Waals surface area contributed by atoms with Crippen LogP contribution in [0.4, 0.5) is 4.39 Å². The summed E-state index contributed by atoms with van der Waals surface area (Å²) in [6.45, 7) is 4.94. The van der Waals surface area contributed by atoms with Crippen molar-refractivity contribution in [2.75, 3.05) is 6.54 Å². The zero-order valence-electron chi connectivity index (χ0n) is 12.5. The van der Waals surface area contributed by atoms with Crippen molar-refractivity contribution in [1.29, 1.82) is 0 Å². The third-order valence-corrected chi connectivity index (χ3v) is 3.85. The van der Waals surface area contributed by atoms with E-state index in [4.69, 9.17) is 0 Å². The Hall–Kier alpha value is -1.87. The van der Waals surface area contributed by atoms with Crippen LogP contribution < -0.4 is 5.32 Å². The zero-order valence-corrected chi connectivity index (χ0v) is 12.5. The van der Waals surface area contributed by atoms with E-state index >= 15 is 0 Å². The third kappa shape index (κ3) is 4.30. The van der Waals surface area contributed by atoms with Crippen molar-refractivity contribution in [2.45, 2.75) is 32.2 Å². The molecular weight excluding hydrogens is 265 g/mol. The summed E-state index contributed by atoms with van der Waals surface area (Å²) in [6, 6.07) is 14.3. The van der Waals surface area contributed by atoms with Crippen LogP contribution in [0.2, 0.25) is 0 Å². The van der Waals surface area contributed by atoms with Crippen molar-refractivity contribution < 1.29 is 9.50 Å². The molecule has 0 aliphatic carbocycles. The fraction of sp³-hybridized carbons (Fsp3) is 0.333. The van der Waals surface area contributed by atoms with E-state index in [9.17, 15) is 9.50 Å². The third-order valence-electron chi connectivity index (χ3n) is 3.85. The molecule has 2 aromatic rings. The van der Waals surface area contributed by atoms with Crippen molar-refractivity contribution >= 4 is 0 Å². The Morgan fingerprint density at radius 3 is 2.52 bits per heavy atom. The number of rotatable bonds is 6. The molecule has 112 valence electrons. The standard InChI is InChI=1S/C18H22FNO/c1-13(15-6-4-3-5-7-15)10-11-20-14(2)17-12-16(19)8-9-18(17)21/h3-9,12-14,20-21H,10-11H2,1-2H3. The second-order valence-corrected chi connectivity index (χ2v) is 5.48. The molecule has 2 nitrogen and oxygen atoms in total. The maximum Gasteiger partial charge on any atom is 0.123 e. The molecule has 0 saturated heterocycles. The average Bonchev–Trinajstić information content (AvgIpc) is 2.50. The van der Waals surface area contributed by atoms with Gasteiger partial charge in [-0.25, -0.2) is 4.39 Å². The minimum atomic E-state index is -0.325. The van der Waals surface area contributed by atoms with Crippen LogP contribution in [-0.4, -0.2) is 11.7 Å². The maximum absolute atomic E-state index is 13.2. The van der Waals surface area contributed by atoms with Crippen LogP contribution in [0, 0.1) is 5.82 Å². The van der Waals surface area contributed by atoms with Gasteiger partial charge in [0.25, 0.3) is 0 Å². The minimum absolute atomic E-state index is 0.0799. The van der Waals surface area contributed by atoms with Crippen molar-refractivity contribution in [2.24, 2.45) is 0 Å². The second kappa shape index (κ2) is 7.23. The van der Waals surface area contributed by atoms with Gasteiger partial charge in [0.2, 0.25) is 0 Å². The summed E-state index contributed by atoms with van der Waals surface area (Å²) in [5.74, 6) is 0.272. The molecule has 0 spiro atoms. The highest BCUT2D eigenvalue weighted by Gasteiger charge is 2.12. The Bertz CT molecular complexity index is 571. The van der Waals surface area contributed by atoms with Crippen LogP contribution in [0.5, 0.6) is 5.75 Å². The van der Waals surface area contributed by atoms with Gasteiger partial charge in [-0.1, -0.05) is 37.3 Å². The molecule has 0 fully saturated rings. The number of hydrogen-bond acceptors (Lipinski definition) is 2. The Labute approximate surface area is 125 Å². The molecule has 0 aliphatic heterocycles. The average molecular weight is 287 g/mol. The van der Waals surface area contributed by atoms with E-state index in [-0.39, 0.29) is 17.6 Å². The Morgan fingerprint density at radius 1 is 1.10 bits per heavy atom. The normalized spacial score (nSPS) is 13.9. The molecular formula is C18H22FNO. The van der Waals surface area contributed by atoms with Gasteiger partial charge in [-0.2, -0.15) is 0 Å². The van der Waals surface area contributed by atoms with Gasteiger partial charge in [-0.05, 0) is 49.6 Å². The molecule has 2 aromatic carbocycles. The molecule has 21 heavy (non-hydrogen) atoms. The molecule has 3 heteroatoms. The number of aromatic hydroxyl groups is 1. The smallest absolute Gasteiger partial charge is 0.123 e. The van der Waals surface area contributed by atoms with Gasteiger partial charge in [0.05, 0.1) is 0 Å². The summed E-state index contributed by atoms with van der Waals surface area (Å²) in [6.07, 6.45) is 0.991. The van der Waals surface area contributed by atoms with Gasteiger partial charge in [0, 0.05) is 11.6 Å². The molecule has 0 saturated carbocycles. The van der Waals surface area contributed by atoms with E-state index in [0.29, 0.717) is 11.5 Å². The highest BCUT2D eigenvalue weighted by atomic mass is 19.1. The molecule has 0 amide bonds. The summed E-state index contributed by atoms with van der Waals surface area (Å²) in [7, 11) is 0. The maximum atomic E-state index is 13.2. The molecule has 0 aromatic heterocycles. The number of benzene rings is 2. The van der Waals surface area contributed by atoms with Crippen molar-refractivity contribution in [3.8, 4) is 5.75 Å². The zero-order chi connectivity index (χ0) is 15.2. The van der Waals surface area contributed by atoms with Crippen LogP contribution in [0.1, 0.15) is 43.4 Å². The fourth-order valence-electron chi connectivity index (χ4n) is 2.45. The van der Waals surface area contributed by atoms with E-state index in [1.54, 1.807) is 0 Å². The molecule has 2 rings (SSSR count). The van der Waals surface area contributed by atoms with Gasteiger partial charge < -0.3 is 10.4 Å². The first-order valence-corrected chi connectivity index (χ1v) is 7.34. The van der Waals surface area contributed by atoms with E-state index < -0.39 is 0 Å². The van der Waals surface area contributed by atoms with Gasteiger partial charge >= 0.3 is 0 Å². The highest BCUT2D eigenvalue weighted by Crippen LogP contribution is 2.25. The van der Waals surface area contributed by atoms with Crippen molar-refractivity contribution in [1.82, 2.24) is 5.32 Å². The number of halogens is 1. The van der Waals surface area contributed by atoms with Crippen molar-refractivity contribution in [3.63, 3.8) is 0 Å². The topological polar surface area (TPSA) is 32.3 Å². The molecule has 0 heterocycles. The Balaban J connectivity index is 1.87. The monoisotopic (exact) mass is 287 g/mol. The first-order chi connectivity index (χ1) is 10.1. The van der Waals surface area contributed by atoms with E-state index in [2.05, 4.69) is 24.4 Å². The van der Waals surface area contributed by atoms with Gasteiger partial charge in [0.15, 0.2) is 0 Å². The van der Waals surface area contributed by atoms with E-state index in [0.717, 1.165) is 13.0 Å². The van der Waals surface area contributed by atoms with Crippen molar-refractivity contribution in [3.05, 3.63) is 65.5 Å². The van der Waals surface area contributed by atoms with Gasteiger partial charge in [-0.15, -0.1) is 0 Å². The summed E-state index contributed by atoms with van der Waals surface area (Å²) >= 11 is 0. The van der Waals surface area contributed by atoms with E-state index in [1.165, 1.54) is 23.8 Å². The van der Waals surface area contributed by atoms with Crippen LogP contribution in [0.15, 0.2) is 48.5 Å². The summed E-state index contributed by atoms with van der Waals surface area (Å²) < 4.78 is 13.2. The molecule has 0 bridgehead atoms. The fourth-order valence-corrected chi connectivity index (χ4v) is 2.45. The first kappa shape index (κ1) is 15.5. The van der Waals surface area contributed by atoms with Crippen LogP contribution >= 0.6 is 0 Å². The number of phenolic OH excluding ortho intramolecular Hbond substituents is 1. The van der Waals surface area contributed by atoms with Gasteiger partial charge in [-0.3, -0.25) is 0 Å². The lowest BCUT2D eigenvalue weighted by molar-refractivity contribution is 0.446.